The second kappa shape index (κ2) is 6.50. The largest absolute Gasteiger partial charge is 0.394 e. The van der Waals surface area contributed by atoms with Gasteiger partial charge in [-0.05, 0) is 19.3 Å². The van der Waals surface area contributed by atoms with Crippen molar-refractivity contribution in [2.24, 2.45) is 5.73 Å². The Morgan fingerprint density at radius 1 is 1.28 bits per heavy atom. The molecule has 0 radical (unpaired) electrons. The maximum atomic E-state index is 12.0. The third-order valence-corrected chi connectivity index (χ3v) is 4.05. The van der Waals surface area contributed by atoms with E-state index in [4.69, 9.17) is 5.73 Å². The Labute approximate surface area is 109 Å². The van der Waals surface area contributed by atoms with Gasteiger partial charge in [0.1, 0.15) is 0 Å². The fourth-order valence-electron chi connectivity index (χ4n) is 2.53. The van der Waals surface area contributed by atoms with Gasteiger partial charge in [0, 0.05) is 12.0 Å². The van der Waals surface area contributed by atoms with Gasteiger partial charge < -0.3 is 21.3 Å². The molecule has 106 valence electrons. The van der Waals surface area contributed by atoms with Crippen LogP contribution in [0.25, 0.3) is 0 Å². The van der Waals surface area contributed by atoms with Crippen molar-refractivity contribution in [2.75, 3.05) is 13.2 Å². The van der Waals surface area contributed by atoms with E-state index in [0.29, 0.717) is 6.42 Å². The van der Waals surface area contributed by atoms with Crippen molar-refractivity contribution in [3.8, 4) is 0 Å². The summed E-state index contributed by atoms with van der Waals surface area (Å²) in [5, 5.41) is 21.3. The van der Waals surface area contributed by atoms with Crippen LogP contribution in [-0.2, 0) is 4.79 Å². The molecule has 0 aliphatic heterocycles. The Hall–Kier alpha value is -0.650. The van der Waals surface area contributed by atoms with Crippen molar-refractivity contribution >= 4 is 5.91 Å². The van der Waals surface area contributed by atoms with Crippen LogP contribution in [0.3, 0.4) is 0 Å². The van der Waals surface area contributed by atoms with Gasteiger partial charge in [-0.1, -0.05) is 26.2 Å². The van der Waals surface area contributed by atoms with Crippen LogP contribution in [0, 0.1) is 0 Å². The topological polar surface area (TPSA) is 95.6 Å². The zero-order valence-corrected chi connectivity index (χ0v) is 11.2. The minimum atomic E-state index is -0.915. The number of aliphatic hydroxyl groups is 2. The monoisotopic (exact) mass is 258 g/mol. The summed E-state index contributed by atoms with van der Waals surface area (Å²) >= 11 is 0. The van der Waals surface area contributed by atoms with Crippen molar-refractivity contribution in [2.45, 2.75) is 62.9 Å². The number of carbonyl (C=O) groups excluding carboxylic acids is 1. The number of hydrogen-bond donors (Lipinski definition) is 4. The predicted molar refractivity (Wildman–Crippen MR) is 70.0 cm³/mol. The van der Waals surface area contributed by atoms with Gasteiger partial charge in [0.15, 0.2) is 0 Å². The zero-order chi connectivity index (χ0) is 13.6. The van der Waals surface area contributed by atoms with Gasteiger partial charge in [0.25, 0.3) is 0 Å². The maximum Gasteiger partial charge on any atom is 0.222 e. The molecule has 0 spiro atoms. The molecule has 0 aromatic rings. The normalized spacial score (nSPS) is 19.6. The molecule has 1 aliphatic rings. The zero-order valence-electron chi connectivity index (χ0n) is 11.2. The summed E-state index contributed by atoms with van der Waals surface area (Å²) in [6.45, 7) is 1.30. The lowest BCUT2D eigenvalue weighted by atomic mass is 9.80. The summed E-state index contributed by atoms with van der Waals surface area (Å²) in [6, 6.07) is 0. The molecule has 0 saturated heterocycles. The second-order valence-corrected chi connectivity index (χ2v) is 5.60. The van der Waals surface area contributed by atoms with Gasteiger partial charge in [-0.3, -0.25) is 4.79 Å². The minimum Gasteiger partial charge on any atom is -0.394 e. The first-order valence-corrected chi connectivity index (χ1v) is 6.81. The molecule has 5 nitrogen and oxygen atoms in total. The number of nitrogens with two attached hydrogens (primary N) is 1. The van der Waals surface area contributed by atoms with E-state index in [2.05, 4.69) is 5.32 Å². The average molecular weight is 258 g/mol. The Morgan fingerprint density at radius 2 is 1.83 bits per heavy atom. The molecular formula is C13H26N2O3. The lowest BCUT2D eigenvalue weighted by Crippen LogP contribution is -2.56. The van der Waals surface area contributed by atoms with Crippen molar-refractivity contribution in [3.05, 3.63) is 0 Å². The van der Waals surface area contributed by atoms with Gasteiger partial charge in [-0.25, -0.2) is 0 Å². The summed E-state index contributed by atoms with van der Waals surface area (Å²) in [4.78, 5) is 12.0. The van der Waals surface area contributed by atoms with Crippen molar-refractivity contribution in [1.82, 2.24) is 5.32 Å². The standard InChI is InChI=1S/C13H26N2O3/c1-2-13(9-16,10-17)15-11(18)8-12(14)6-4-3-5-7-12/h16-17H,2-10,14H2,1H3,(H,15,18). The summed E-state index contributed by atoms with van der Waals surface area (Å²) < 4.78 is 0. The van der Waals surface area contributed by atoms with Crippen LogP contribution in [-0.4, -0.2) is 40.4 Å². The first-order chi connectivity index (χ1) is 8.49. The van der Waals surface area contributed by atoms with Gasteiger partial charge in [0.2, 0.25) is 5.91 Å². The first-order valence-electron chi connectivity index (χ1n) is 6.81. The van der Waals surface area contributed by atoms with Gasteiger partial charge in [-0.15, -0.1) is 0 Å². The summed E-state index contributed by atoms with van der Waals surface area (Å²) in [6.07, 6.45) is 5.84. The highest BCUT2D eigenvalue weighted by molar-refractivity contribution is 5.78. The Balaban J connectivity index is 2.54. The van der Waals surface area contributed by atoms with Gasteiger partial charge in [-0.2, -0.15) is 0 Å². The third-order valence-electron chi connectivity index (χ3n) is 4.05. The molecule has 5 N–H and O–H groups in total. The fraction of sp³-hybridized carbons (Fsp3) is 0.923. The van der Waals surface area contributed by atoms with Gasteiger partial charge in [0.05, 0.1) is 18.8 Å². The van der Waals surface area contributed by atoms with Crippen LogP contribution in [0.1, 0.15) is 51.9 Å². The van der Waals surface area contributed by atoms with E-state index in [1.807, 2.05) is 6.92 Å². The SMILES string of the molecule is CCC(CO)(CO)NC(=O)CC1(N)CCCCC1. The van der Waals surface area contributed by atoms with Crippen LogP contribution >= 0.6 is 0 Å². The first kappa shape index (κ1) is 15.4. The number of carbonyl (C=O) groups is 1. The van der Waals surface area contributed by atoms with Gasteiger partial charge >= 0.3 is 0 Å². The summed E-state index contributed by atoms with van der Waals surface area (Å²) in [5.41, 5.74) is 4.89. The highest BCUT2D eigenvalue weighted by atomic mass is 16.3. The van der Waals surface area contributed by atoms with E-state index in [9.17, 15) is 15.0 Å². The molecule has 1 fully saturated rings. The van der Waals surface area contributed by atoms with E-state index in [-0.39, 0.29) is 25.5 Å². The highest BCUT2D eigenvalue weighted by Gasteiger charge is 2.34. The smallest absolute Gasteiger partial charge is 0.222 e. The number of amides is 1. The van der Waals surface area contributed by atoms with E-state index >= 15 is 0 Å². The number of aliphatic hydroxyl groups excluding tert-OH is 2. The van der Waals surface area contributed by atoms with Crippen molar-refractivity contribution in [1.29, 1.82) is 0 Å². The molecule has 0 heterocycles. The molecule has 1 aliphatic carbocycles. The van der Waals surface area contributed by atoms with Crippen LogP contribution in [0.4, 0.5) is 0 Å². The molecule has 0 aromatic carbocycles. The van der Waals surface area contributed by atoms with Crippen molar-refractivity contribution < 1.29 is 15.0 Å². The molecule has 1 saturated carbocycles. The molecule has 18 heavy (non-hydrogen) atoms. The van der Waals surface area contributed by atoms with Crippen LogP contribution in [0.5, 0.6) is 0 Å². The molecule has 0 bridgehead atoms. The van der Waals surface area contributed by atoms with E-state index in [1.165, 1.54) is 6.42 Å². The number of nitrogens with one attached hydrogen (secondary N) is 1. The highest BCUT2D eigenvalue weighted by Crippen LogP contribution is 2.28. The predicted octanol–water partition coefficient (Wildman–Crippen LogP) is 0.288. The lowest BCUT2D eigenvalue weighted by molar-refractivity contribution is -0.126. The molecule has 0 atom stereocenters. The number of rotatable bonds is 6. The van der Waals surface area contributed by atoms with E-state index in [1.54, 1.807) is 0 Å². The Morgan fingerprint density at radius 3 is 2.28 bits per heavy atom. The van der Waals surface area contributed by atoms with Crippen molar-refractivity contribution in [3.63, 3.8) is 0 Å². The number of hydrogen-bond acceptors (Lipinski definition) is 4. The molecule has 1 rings (SSSR count). The van der Waals surface area contributed by atoms with Crippen LogP contribution in [0.2, 0.25) is 0 Å². The summed E-state index contributed by atoms with van der Waals surface area (Å²) in [7, 11) is 0. The second-order valence-electron chi connectivity index (χ2n) is 5.60. The fourth-order valence-corrected chi connectivity index (χ4v) is 2.53. The van der Waals surface area contributed by atoms with E-state index in [0.717, 1.165) is 25.7 Å². The molecule has 1 amide bonds. The molecular weight excluding hydrogens is 232 g/mol. The van der Waals surface area contributed by atoms with Crippen LogP contribution in [0.15, 0.2) is 0 Å². The maximum absolute atomic E-state index is 12.0. The molecule has 0 unspecified atom stereocenters. The quantitative estimate of drug-likeness (QED) is 0.550. The third kappa shape index (κ3) is 3.93. The lowest BCUT2D eigenvalue weighted by Gasteiger charge is -2.35. The Kier molecular flexibility index (Phi) is 5.56. The molecule has 0 aromatic heterocycles. The Bertz CT molecular complexity index is 263. The van der Waals surface area contributed by atoms with E-state index < -0.39 is 11.1 Å². The van der Waals surface area contributed by atoms with Crippen LogP contribution < -0.4 is 11.1 Å². The minimum absolute atomic E-state index is 0.177. The summed E-state index contributed by atoms with van der Waals surface area (Å²) in [5.74, 6) is -0.177. The average Bonchev–Trinajstić information content (AvgIpc) is 2.36. The molecule has 5 heteroatoms.